The van der Waals surface area contributed by atoms with Crippen molar-refractivity contribution >= 4 is 11.8 Å². The van der Waals surface area contributed by atoms with E-state index in [0.717, 1.165) is 19.3 Å². The molecule has 0 aliphatic heterocycles. The normalized spacial score (nSPS) is 11.7. The molecule has 0 amide bonds. The molecule has 1 atom stereocenters. The lowest BCUT2D eigenvalue weighted by atomic mass is 10.0. The highest BCUT2D eigenvalue weighted by Gasteiger charge is 2.24. The van der Waals surface area contributed by atoms with Crippen LogP contribution in [0.15, 0.2) is 60.7 Å². The van der Waals surface area contributed by atoms with Crippen LogP contribution in [0.3, 0.4) is 0 Å². The Balaban J connectivity index is 2.03. The van der Waals surface area contributed by atoms with Crippen LogP contribution in [-0.2, 0) is 4.74 Å². The van der Waals surface area contributed by atoms with Crippen molar-refractivity contribution in [2.24, 2.45) is 0 Å². The van der Waals surface area contributed by atoms with Crippen LogP contribution in [-0.4, -0.2) is 17.9 Å². The number of benzene rings is 2. The van der Waals surface area contributed by atoms with Crippen molar-refractivity contribution in [1.29, 1.82) is 0 Å². The molecular weight excluding hydrogens is 312 g/mol. The summed E-state index contributed by atoms with van der Waals surface area (Å²) in [5, 5.41) is 0. The molecule has 0 heterocycles. The quantitative estimate of drug-likeness (QED) is 0.328. The Hall–Kier alpha value is -2.42. The molecule has 0 spiro atoms. The summed E-state index contributed by atoms with van der Waals surface area (Å²) in [5.74, 6) is -0.566. The third-order valence-electron chi connectivity index (χ3n) is 4.18. The fraction of sp³-hybridized carbons (Fsp3) is 0.364. The predicted molar refractivity (Wildman–Crippen MR) is 99.8 cm³/mol. The first-order valence-corrected chi connectivity index (χ1v) is 9.07. The molecule has 2 aromatic carbocycles. The molecule has 2 rings (SSSR count). The zero-order valence-corrected chi connectivity index (χ0v) is 14.8. The molecule has 0 radical (unpaired) electrons. The van der Waals surface area contributed by atoms with Crippen LogP contribution in [0.25, 0.3) is 0 Å². The van der Waals surface area contributed by atoms with Crippen molar-refractivity contribution in [2.45, 2.75) is 51.6 Å². The van der Waals surface area contributed by atoms with Crippen LogP contribution < -0.4 is 0 Å². The van der Waals surface area contributed by atoms with Gasteiger partial charge in [-0.1, -0.05) is 81.1 Å². The maximum atomic E-state index is 12.8. The molecule has 3 nitrogen and oxygen atoms in total. The van der Waals surface area contributed by atoms with Gasteiger partial charge in [0.1, 0.15) is 0 Å². The maximum absolute atomic E-state index is 12.8. The molecule has 0 saturated heterocycles. The van der Waals surface area contributed by atoms with Crippen molar-refractivity contribution < 1.29 is 14.3 Å². The predicted octanol–water partition coefficient (Wildman–Crippen LogP) is 5.46. The number of rotatable bonds is 10. The van der Waals surface area contributed by atoms with Gasteiger partial charge in [-0.3, -0.25) is 4.79 Å². The van der Waals surface area contributed by atoms with Crippen LogP contribution in [0.2, 0.25) is 0 Å². The molecule has 132 valence electrons. The number of esters is 1. The van der Waals surface area contributed by atoms with Gasteiger partial charge in [0.05, 0.1) is 5.56 Å². The average Bonchev–Trinajstić information content (AvgIpc) is 2.67. The second kappa shape index (κ2) is 10.4. The minimum absolute atomic E-state index is 0.125. The van der Waals surface area contributed by atoms with E-state index in [1.807, 2.05) is 24.3 Å². The van der Waals surface area contributed by atoms with Crippen LogP contribution in [0.5, 0.6) is 0 Å². The summed E-state index contributed by atoms with van der Waals surface area (Å²) in [7, 11) is 0. The van der Waals surface area contributed by atoms with Gasteiger partial charge in [-0.2, -0.15) is 0 Å². The van der Waals surface area contributed by atoms with Gasteiger partial charge >= 0.3 is 5.97 Å². The van der Waals surface area contributed by atoms with Crippen molar-refractivity contribution in [1.82, 2.24) is 0 Å². The van der Waals surface area contributed by atoms with Gasteiger partial charge in [0.25, 0.3) is 0 Å². The summed E-state index contributed by atoms with van der Waals surface area (Å²) < 4.78 is 5.57. The molecule has 0 aromatic heterocycles. The molecule has 0 fully saturated rings. The number of carbonyl (C=O) groups excluding carboxylic acids is 2. The summed E-state index contributed by atoms with van der Waals surface area (Å²) in [6.45, 7) is 2.17. The Bertz CT molecular complexity index is 649. The summed E-state index contributed by atoms with van der Waals surface area (Å²) in [5.41, 5.74) is 1.06. The van der Waals surface area contributed by atoms with Crippen LogP contribution >= 0.6 is 0 Å². The van der Waals surface area contributed by atoms with E-state index in [1.165, 1.54) is 12.8 Å². The van der Waals surface area contributed by atoms with E-state index in [4.69, 9.17) is 4.74 Å². The molecule has 0 saturated carbocycles. The number of Topliss-reactive ketones (excluding diaryl/α,β-unsaturated/α-hetero) is 1. The molecule has 3 heteroatoms. The fourth-order valence-corrected chi connectivity index (χ4v) is 2.74. The van der Waals surface area contributed by atoms with Crippen LogP contribution in [0.1, 0.15) is 66.2 Å². The van der Waals surface area contributed by atoms with E-state index < -0.39 is 12.1 Å². The summed E-state index contributed by atoms with van der Waals surface area (Å²) >= 11 is 0. The highest BCUT2D eigenvalue weighted by Crippen LogP contribution is 2.16. The van der Waals surface area contributed by atoms with Gasteiger partial charge in [0.15, 0.2) is 6.10 Å². The monoisotopic (exact) mass is 338 g/mol. The maximum Gasteiger partial charge on any atom is 0.338 e. The number of unbranched alkanes of at least 4 members (excludes halogenated alkanes) is 4. The second-order valence-electron chi connectivity index (χ2n) is 6.19. The summed E-state index contributed by atoms with van der Waals surface area (Å²) in [6.07, 6.45) is 5.29. The SMILES string of the molecule is CCCCCCC[C@@H](OC(=O)c1ccccc1)C(=O)c1ccccc1. The van der Waals surface area contributed by atoms with E-state index in [0.29, 0.717) is 17.5 Å². The third-order valence-corrected chi connectivity index (χ3v) is 4.18. The van der Waals surface area contributed by atoms with Gasteiger partial charge in [0, 0.05) is 5.56 Å². The first-order valence-electron chi connectivity index (χ1n) is 9.07. The molecule has 0 N–H and O–H groups in total. The molecule has 0 aliphatic carbocycles. The molecule has 0 bridgehead atoms. The largest absolute Gasteiger partial charge is 0.450 e. The fourth-order valence-electron chi connectivity index (χ4n) is 2.74. The van der Waals surface area contributed by atoms with E-state index in [1.54, 1.807) is 36.4 Å². The second-order valence-corrected chi connectivity index (χ2v) is 6.19. The van der Waals surface area contributed by atoms with Crippen molar-refractivity contribution in [2.75, 3.05) is 0 Å². The first kappa shape index (κ1) is 18.9. The zero-order chi connectivity index (χ0) is 17.9. The first-order chi connectivity index (χ1) is 12.2. The van der Waals surface area contributed by atoms with E-state index in [-0.39, 0.29) is 5.78 Å². The highest BCUT2D eigenvalue weighted by molar-refractivity contribution is 6.01. The Labute approximate surface area is 150 Å². The van der Waals surface area contributed by atoms with E-state index in [9.17, 15) is 9.59 Å². The van der Waals surface area contributed by atoms with Crippen molar-refractivity contribution in [3.8, 4) is 0 Å². The molecule has 25 heavy (non-hydrogen) atoms. The molecule has 2 aromatic rings. The van der Waals surface area contributed by atoms with Crippen molar-refractivity contribution in [3.05, 3.63) is 71.8 Å². The Morgan fingerprint density at radius 1 is 0.800 bits per heavy atom. The lowest BCUT2D eigenvalue weighted by molar-refractivity contribution is 0.0262. The van der Waals surface area contributed by atoms with Gasteiger partial charge in [-0.25, -0.2) is 4.79 Å². The highest BCUT2D eigenvalue weighted by atomic mass is 16.5. The Kier molecular flexibility index (Phi) is 7.90. The summed E-state index contributed by atoms with van der Waals surface area (Å²) in [4.78, 5) is 25.1. The van der Waals surface area contributed by atoms with E-state index in [2.05, 4.69) is 6.92 Å². The number of ether oxygens (including phenoxy) is 1. The lowest BCUT2D eigenvalue weighted by Crippen LogP contribution is -2.27. The third kappa shape index (κ3) is 6.18. The van der Waals surface area contributed by atoms with Gasteiger partial charge in [-0.05, 0) is 25.0 Å². The Morgan fingerprint density at radius 2 is 1.36 bits per heavy atom. The van der Waals surface area contributed by atoms with Gasteiger partial charge in [-0.15, -0.1) is 0 Å². The van der Waals surface area contributed by atoms with E-state index >= 15 is 0 Å². The number of hydrogen-bond donors (Lipinski definition) is 0. The Morgan fingerprint density at radius 3 is 1.96 bits per heavy atom. The average molecular weight is 338 g/mol. The topological polar surface area (TPSA) is 43.4 Å². The van der Waals surface area contributed by atoms with Gasteiger partial charge < -0.3 is 4.74 Å². The molecular formula is C22H26O3. The number of carbonyl (C=O) groups is 2. The van der Waals surface area contributed by atoms with Crippen LogP contribution in [0, 0.1) is 0 Å². The van der Waals surface area contributed by atoms with Crippen LogP contribution in [0.4, 0.5) is 0 Å². The van der Waals surface area contributed by atoms with Gasteiger partial charge in [0.2, 0.25) is 5.78 Å². The minimum Gasteiger partial charge on any atom is -0.450 e. The minimum atomic E-state index is -0.725. The number of hydrogen-bond acceptors (Lipinski definition) is 3. The zero-order valence-electron chi connectivity index (χ0n) is 14.8. The number of ketones is 1. The lowest BCUT2D eigenvalue weighted by Gasteiger charge is -2.17. The molecule has 0 unspecified atom stereocenters. The standard InChI is InChI=1S/C22H26O3/c1-2-3-4-5-12-17-20(21(23)18-13-8-6-9-14-18)25-22(24)19-15-10-7-11-16-19/h6-11,13-16,20H,2-5,12,17H2,1H3/t20-/m1/s1. The van der Waals surface area contributed by atoms with Crippen molar-refractivity contribution in [3.63, 3.8) is 0 Å². The smallest absolute Gasteiger partial charge is 0.338 e. The molecule has 0 aliphatic rings. The summed E-state index contributed by atoms with van der Waals surface area (Å²) in [6, 6.07) is 17.9.